The van der Waals surface area contributed by atoms with E-state index in [1.54, 1.807) is 26.2 Å². The van der Waals surface area contributed by atoms with Gasteiger partial charge in [0.25, 0.3) is 5.91 Å². The quantitative estimate of drug-likeness (QED) is 0.651. The van der Waals surface area contributed by atoms with Gasteiger partial charge >= 0.3 is 0 Å². The number of aryl methyl sites for hydroxylation is 2. The van der Waals surface area contributed by atoms with E-state index in [-0.39, 0.29) is 17.8 Å². The van der Waals surface area contributed by atoms with Gasteiger partial charge in [-0.15, -0.1) is 0 Å². The molecule has 0 bridgehead atoms. The Kier molecular flexibility index (Phi) is 6.09. The summed E-state index contributed by atoms with van der Waals surface area (Å²) in [4.78, 5) is 12.9. The van der Waals surface area contributed by atoms with Crippen LogP contribution in [0.15, 0.2) is 53.1 Å². The number of halogens is 1. The summed E-state index contributed by atoms with van der Waals surface area (Å²) in [5.41, 5.74) is 2.58. The molecule has 0 radical (unpaired) electrons. The summed E-state index contributed by atoms with van der Waals surface area (Å²) >= 11 is 0. The first kappa shape index (κ1) is 19.6. The minimum Gasteiger partial charge on any atom is -0.496 e. The van der Waals surface area contributed by atoms with Crippen LogP contribution in [0.25, 0.3) is 11.3 Å². The third kappa shape index (κ3) is 4.39. The molecule has 28 heavy (non-hydrogen) atoms. The van der Waals surface area contributed by atoms with Gasteiger partial charge in [-0.25, -0.2) is 4.39 Å². The van der Waals surface area contributed by atoms with E-state index in [9.17, 15) is 9.18 Å². The molecule has 2 aromatic carbocycles. The number of methoxy groups -OCH3 is 1. The Morgan fingerprint density at radius 3 is 2.64 bits per heavy atom. The molecule has 1 unspecified atom stereocenters. The average Bonchev–Trinajstić information content (AvgIpc) is 3.09. The lowest BCUT2D eigenvalue weighted by molar-refractivity contribution is 0.0937. The van der Waals surface area contributed by atoms with Gasteiger partial charge in [0, 0.05) is 11.6 Å². The second kappa shape index (κ2) is 8.69. The molecule has 0 saturated carbocycles. The first-order valence-electron chi connectivity index (χ1n) is 9.14. The maximum absolute atomic E-state index is 13.0. The van der Waals surface area contributed by atoms with Crippen LogP contribution in [0.4, 0.5) is 4.39 Å². The van der Waals surface area contributed by atoms with E-state index >= 15 is 0 Å². The summed E-state index contributed by atoms with van der Waals surface area (Å²) in [5, 5.41) is 7.07. The number of carbonyl (C=O) groups is 1. The number of para-hydroxylation sites is 1. The van der Waals surface area contributed by atoms with Crippen molar-refractivity contribution < 1.29 is 18.4 Å². The average molecular weight is 382 g/mol. The molecule has 0 spiro atoms. The number of hydrogen-bond acceptors (Lipinski definition) is 4. The van der Waals surface area contributed by atoms with Crippen LogP contribution in [0.2, 0.25) is 0 Å². The van der Waals surface area contributed by atoms with Crippen molar-refractivity contribution in [1.29, 1.82) is 0 Å². The molecule has 1 aromatic heterocycles. The van der Waals surface area contributed by atoms with Gasteiger partial charge in [-0.2, -0.15) is 0 Å². The van der Waals surface area contributed by atoms with Gasteiger partial charge in [0.2, 0.25) is 0 Å². The van der Waals surface area contributed by atoms with Crippen molar-refractivity contribution >= 4 is 5.91 Å². The van der Waals surface area contributed by atoms with Crippen molar-refractivity contribution in [3.05, 3.63) is 71.2 Å². The van der Waals surface area contributed by atoms with Gasteiger partial charge in [0.1, 0.15) is 28.6 Å². The predicted octanol–water partition coefficient (Wildman–Crippen LogP) is 4.55. The first-order chi connectivity index (χ1) is 13.5. The number of nitrogens with zero attached hydrogens (tertiary/aromatic N) is 1. The Balaban J connectivity index is 1.72. The fraction of sp³-hybridized carbons (Fsp3) is 0.273. The van der Waals surface area contributed by atoms with Crippen molar-refractivity contribution in [2.75, 3.05) is 7.11 Å². The lowest BCUT2D eigenvalue weighted by Crippen LogP contribution is -2.33. The zero-order chi connectivity index (χ0) is 20.1. The minimum atomic E-state index is -0.253. The highest BCUT2D eigenvalue weighted by Gasteiger charge is 2.24. The lowest BCUT2D eigenvalue weighted by atomic mass is 10.0. The summed E-state index contributed by atoms with van der Waals surface area (Å²) in [6.07, 6.45) is 1.47. The molecule has 1 atom stereocenters. The normalized spacial score (nSPS) is 11.9. The smallest absolute Gasteiger partial charge is 0.257 e. The van der Waals surface area contributed by atoms with Crippen LogP contribution in [-0.2, 0) is 6.42 Å². The van der Waals surface area contributed by atoms with Crippen LogP contribution in [0, 0.1) is 12.7 Å². The predicted molar refractivity (Wildman–Crippen MR) is 105 cm³/mol. The van der Waals surface area contributed by atoms with Gasteiger partial charge in [-0.05, 0) is 56.5 Å². The largest absolute Gasteiger partial charge is 0.496 e. The fourth-order valence-electron chi connectivity index (χ4n) is 3.07. The molecule has 1 heterocycles. The second-order valence-electron chi connectivity index (χ2n) is 6.70. The maximum Gasteiger partial charge on any atom is 0.257 e. The fourth-order valence-corrected chi connectivity index (χ4v) is 3.07. The minimum absolute atomic E-state index is 0.0719. The summed E-state index contributed by atoms with van der Waals surface area (Å²) in [5.74, 6) is 0.571. The Labute approximate surface area is 163 Å². The van der Waals surface area contributed by atoms with Gasteiger partial charge in [-0.3, -0.25) is 4.79 Å². The van der Waals surface area contributed by atoms with Gasteiger partial charge in [0.05, 0.1) is 7.11 Å². The molecule has 1 amide bonds. The standard InChI is InChI=1S/C22H23FN2O3/c1-14(8-9-16-10-12-17(23)13-11-16)24-22(26)20-15(2)28-25-21(20)18-6-4-5-7-19(18)27-3/h4-7,10-14H,8-9H2,1-3H3,(H,24,26). The van der Waals surface area contributed by atoms with Gasteiger partial charge < -0.3 is 14.6 Å². The highest BCUT2D eigenvalue weighted by Crippen LogP contribution is 2.32. The van der Waals surface area contributed by atoms with Crippen LogP contribution in [0.5, 0.6) is 5.75 Å². The summed E-state index contributed by atoms with van der Waals surface area (Å²) in [6.45, 7) is 3.65. The molecule has 0 fully saturated rings. The number of rotatable bonds is 7. The Hall–Kier alpha value is -3.15. The highest BCUT2D eigenvalue weighted by molar-refractivity contribution is 6.01. The van der Waals surface area contributed by atoms with E-state index < -0.39 is 0 Å². The molecule has 0 aliphatic carbocycles. The summed E-state index contributed by atoms with van der Waals surface area (Å²) < 4.78 is 23.7. The molecule has 1 N–H and O–H groups in total. The molecule has 5 nitrogen and oxygen atoms in total. The van der Waals surface area contributed by atoms with Crippen molar-refractivity contribution in [2.45, 2.75) is 32.7 Å². The summed E-state index contributed by atoms with van der Waals surface area (Å²) in [6, 6.07) is 13.7. The van der Waals surface area contributed by atoms with E-state index in [0.29, 0.717) is 28.3 Å². The van der Waals surface area contributed by atoms with Crippen molar-refractivity contribution in [3.63, 3.8) is 0 Å². The van der Waals surface area contributed by atoms with Crippen molar-refractivity contribution in [3.8, 4) is 17.0 Å². The van der Waals surface area contributed by atoms with Gasteiger partial charge in [-0.1, -0.05) is 29.4 Å². The van der Waals surface area contributed by atoms with Crippen LogP contribution < -0.4 is 10.1 Å². The van der Waals surface area contributed by atoms with E-state index in [4.69, 9.17) is 9.26 Å². The SMILES string of the molecule is COc1ccccc1-c1noc(C)c1C(=O)NC(C)CCc1ccc(F)cc1. The van der Waals surface area contributed by atoms with Crippen LogP contribution in [0.3, 0.4) is 0 Å². The maximum atomic E-state index is 13.0. The summed E-state index contributed by atoms with van der Waals surface area (Å²) in [7, 11) is 1.57. The van der Waals surface area contributed by atoms with E-state index in [1.807, 2.05) is 31.2 Å². The molecule has 0 aliphatic heterocycles. The number of nitrogens with one attached hydrogen (secondary N) is 1. The second-order valence-corrected chi connectivity index (χ2v) is 6.70. The molecule has 0 aliphatic rings. The molecular formula is C22H23FN2O3. The van der Waals surface area contributed by atoms with Crippen LogP contribution >= 0.6 is 0 Å². The molecular weight excluding hydrogens is 359 g/mol. The van der Waals surface area contributed by atoms with Gasteiger partial charge in [0.15, 0.2) is 0 Å². The Morgan fingerprint density at radius 2 is 1.93 bits per heavy atom. The number of benzene rings is 2. The third-order valence-electron chi connectivity index (χ3n) is 4.61. The molecule has 6 heteroatoms. The molecule has 3 aromatic rings. The molecule has 0 saturated heterocycles. The molecule has 146 valence electrons. The van der Waals surface area contributed by atoms with Crippen LogP contribution in [0.1, 0.15) is 35.0 Å². The topological polar surface area (TPSA) is 64.4 Å². The highest BCUT2D eigenvalue weighted by atomic mass is 19.1. The van der Waals surface area contributed by atoms with E-state index in [2.05, 4.69) is 10.5 Å². The monoisotopic (exact) mass is 382 g/mol. The van der Waals surface area contributed by atoms with Crippen LogP contribution in [-0.4, -0.2) is 24.2 Å². The van der Waals surface area contributed by atoms with Crippen molar-refractivity contribution in [2.24, 2.45) is 0 Å². The number of amides is 1. The number of aromatic nitrogens is 1. The number of ether oxygens (including phenoxy) is 1. The van der Waals surface area contributed by atoms with E-state index in [0.717, 1.165) is 18.4 Å². The van der Waals surface area contributed by atoms with E-state index in [1.165, 1.54) is 12.1 Å². The Morgan fingerprint density at radius 1 is 1.21 bits per heavy atom. The number of carbonyl (C=O) groups excluding carboxylic acids is 1. The van der Waals surface area contributed by atoms with Crippen molar-refractivity contribution in [1.82, 2.24) is 10.5 Å². The number of hydrogen-bond donors (Lipinski definition) is 1. The first-order valence-corrected chi connectivity index (χ1v) is 9.14. The third-order valence-corrected chi connectivity index (χ3v) is 4.61. The zero-order valence-corrected chi connectivity index (χ0v) is 16.2. The Bertz CT molecular complexity index is 951. The zero-order valence-electron chi connectivity index (χ0n) is 16.2. The molecule has 3 rings (SSSR count). The lowest BCUT2D eigenvalue weighted by Gasteiger charge is -2.14.